The van der Waals surface area contributed by atoms with Crippen LogP contribution in [0.4, 0.5) is 0 Å². The Labute approximate surface area is 198 Å². The van der Waals surface area contributed by atoms with Gasteiger partial charge in [0.2, 0.25) is 0 Å². The summed E-state index contributed by atoms with van der Waals surface area (Å²) in [7, 11) is 3.87. The predicted molar refractivity (Wildman–Crippen MR) is 126 cm³/mol. The van der Waals surface area contributed by atoms with Crippen LogP contribution in [0.15, 0.2) is 51.4 Å². The average molecular weight is 480 g/mol. The second-order valence-electron chi connectivity index (χ2n) is 8.32. The van der Waals surface area contributed by atoms with E-state index in [0.717, 1.165) is 0 Å². The van der Waals surface area contributed by atoms with Gasteiger partial charge in [0.05, 0.1) is 12.0 Å². The van der Waals surface area contributed by atoms with Crippen molar-refractivity contribution in [3.8, 4) is 0 Å². The van der Waals surface area contributed by atoms with Crippen molar-refractivity contribution in [2.75, 3.05) is 53.7 Å². The summed E-state index contributed by atoms with van der Waals surface area (Å²) in [6, 6.07) is 0. The van der Waals surface area contributed by atoms with Crippen molar-refractivity contribution in [3.05, 3.63) is 46.4 Å². The monoisotopic (exact) mass is 479 g/mol. The Morgan fingerprint density at radius 3 is 2.88 bits per heavy atom. The van der Waals surface area contributed by atoms with E-state index in [1.54, 1.807) is 16.7 Å². The number of rotatable bonds is 12. The van der Waals surface area contributed by atoms with Crippen molar-refractivity contribution in [1.82, 2.24) is 20.2 Å². The number of aliphatic hydroxyl groups is 2. The molecule has 10 nitrogen and oxygen atoms in total. The van der Waals surface area contributed by atoms with Gasteiger partial charge in [-0.25, -0.2) is 4.99 Å². The molecular weight excluding hydrogens is 446 g/mol. The number of allylic oxidation sites excluding steroid dienone is 1. The zero-order chi connectivity index (χ0) is 23.4. The van der Waals surface area contributed by atoms with E-state index in [9.17, 15) is 10.2 Å². The third-order valence-corrected chi connectivity index (χ3v) is 7.00. The largest absolute Gasteiger partial charge is 0.481 e. The molecule has 0 saturated heterocycles. The first-order valence-electron chi connectivity index (χ1n) is 11.1. The third kappa shape index (κ3) is 5.56. The van der Waals surface area contributed by atoms with Crippen molar-refractivity contribution < 1.29 is 24.5 Å². The molecule has 33 heavy (non-hydrogen) atoms. The maximum absolute atomic E-state index is 11.1. The molecule has 4 rings (SSSR count). The van der Waals surface area contributed by atoms with Crippen LogP contribution in [-0.2, 0) is 14.3 Å². The lowest BCUT2D eigenvalue weighted by Crippen LogP contribution is -2.43. The van der Waals surface area contributed by atoms with Gasteiger partial charge in [0.1, 0.15) is 24.6 Å². The van der Waals surface area contributed by atoms with Gasteiger partial charge >= 0.3 is 0 Å². The number of fused-ring (bicyclic) bond motifs is 1. The molecule has 0 radical (unpaired) electrons. The molecule has 0 saturated carbocycles. The first kappa shape index (κ1) is 24.1. The molecule has 0 fully saturated rings. The van der Waals surface area contributed by atoms with Gasteiger partial charge in [0.25, 0.3) is 0 Å². The molecule has 2 heterocycles. The fourth-order valence-electron chi connectivity index (χ4n) is 3.80. The number of thioether (sulfide) groups is 1. The molecule has 2 aliphatic heterocycles. The predicted octanol–water partition coefficient (Wildman–Crippen LogP) is 0.759. The molecule has 3 atom stereocenters. The van der Waals surface area contributed by atoms with Crippen molar-refractivity contribution in [2.45, 2.75) is 30.5 Å². The molecule has 2 aliphatic carbocycles. The van der Waals surface area contributed by atoms with Crippen LogP contribution in [-0.4, -0.2) is 102 Å². The van der Waals surface area contributed by atoms with Gasteiger partial charge in [-0.2, -0.15) is 5.06 Å². The Balaban J connectivity index is 1.39. The van der Waals surface area contributed by atoms with E-state index in [2.05, 4.69) is 34.4 Å². The van der Waals surface area contributed by atoms with Gasteiger partial charge in [-0.15, -0.1) is 11.8 Å². The number of hydrogen-bond acceptors (Lipinski definition) is 11. The van der Waals surface area contributed by atoms with Crippen LogP contribution in [0.25, 0.3) is 0 Å². The quantitative estimate of drug-likeness (QED) is 0.211. The Hall–Kier alpha value is -2.02. The zero-order valence-corrected chi connectivity index (χ0v) is 20.1. The number of aliphatic hydroxyl groups excluding tert-OH is 2. The fraction of sp³-hybridized carbons (Fsp3) is 0.591. The third-order valence-electron chi connectivity index (χ3n) is 5.76. The Kier molecular flexibility index (Phi) is 7.67. The highest BCUT2D eigenvalue weighted by Crippen LogP contribution is 2.48. The summed E-state index contributed by atoms with van der Waals surface area (Å²) in [6.07, 6.45) is 9.05. The van der Waals surface area contributed by atoms with Crippen molar-refractivity contribution >= 4 is 18.2 Å². The highest BCUT2D eigenvalue weighted by atomic mass is 32.2. The summed E-state index contributed by atoms with van der Waals surface area (Å²) < 4.78 is 11.3. The minimum atomic E-state index is -1.06. The summed E-state index contributed by atoms with van der Waals surface area (Å²) in [4.78, 5) is 15.4. The van der Waals surface area contributed by atoms with Crippen LogP contribution in [0.1, 0.15) is 13.3 Å². The molecule has 3 N–H and O–H groups in total. The number of hydroxylamine groups is 2. The standard InChI is InChI=1S/C22H33N5O5S/c1-16-13-25(2)18(33-16)12-23-19-20(26(3)15-32-27(21(19)29)7-4-8-28)24-14-30-9-10-31-22-6-5-17(22)11-22/h5-6,11,13-14,18,21,23,28-29H,4,7-10,12,15H2,1-3H3/b24-14+. The second-order valence-corrected chi connectivity index (χ2v) is 9.75. The number of aliphatic imine (C=N–C) groups is 1. The highest BCUT2D eigenvalue weighted by molar-refractivity contribution is 8.03. The van der Waals surface area contributed by atoms with Gasteiger partial charge in [-0.05, 0) is 36.0 Å². The van der Waals surface area contributed by atoms with E-state index in [4.69, 9.17) is 14.3 Å². The van der Waals surface area contributed by atoms with E-state index < -0.39 is 6.23 Å². The van der Waals surface area contributed by atoms with Crippen LogP contribution >= 0.6 is 11.8 Å². The summed E-state index contributed by atoms with van der Waals surface area (Å²) in [5.74, 6) is 0.525. The van der Waals surface area contributed by atoms with Crippen LogP contribution in [0.2, 0.25) is 0 Å². The molecule has 3 unspecified atom stereocenters. The smallest absolute Gasteiger partial charge is 0.176 e. The number of nitrogens with one attached hydrogen (secondary N) is 1. The average Bonchev–Trinajstić information content (AvgIpc) is 3.17. The summed E-state index contributed by atoms with van der Waals surface area (Å²) in [5.41, 5.74) is 1.53. The van der Waals surface area contributed by atoms with E-state index in [1.807, 2.05) is 26.2 Å². The number of likely N-dealkylation sites (N-methyl/N-ethyl adjacent to an activating group) is 1. The van der Waals surface area contributed by atoms with Crippen LogP contribution in [0.3, 0.4) is 0 Å². The van der Waals surface area contributed by atoms with E-state index >= 15 is 0 Å². The summed E-state index contributed by atoms with van der Waals surface area (Å²) in [5, 5.41) is 25.3. The Morgan fingerprint density at radius 1 is 1.39 bits per heavy atom. The lowest BCUT2D eigenvalue weighted by Gasteiger charge is -2.28. The molecule has 0 spiro atoms. The molecule has 0 amide bonds. The fourth-order valence-corrected chi connectivity index (χ4v) is 4.85. The number of hydrogen-bond donors (Lipinski definition) is 3. The molecule has 0 aromatic heterocycles. The molecule has 0 aromatic rings. The minimum Gasteiger partial charge on any atom is -0.481 e. The lowest BCUT2D eigenvalue weighted by molar-refractivity contribution is -0.238. The van der Waals surface area contributed by atoms with Gasteiger partial charge in [-0.3, -0.25) is 4.84 Å². The van der Waals surface area contributed by atoms with Gasteiger partial charge in [0.15, 0.2) is 18.4 Å². The summed E-state index contributed by atoms with van der Waals surface area (Å²) in [6.45, 7) is 4.10. The van der Waals surface area contributed by atoms with E-state index in [-0.39, 0.29) is 24.3 Å². The van der Waals surface area contributed by atoms with E-state index in [0.29, 0.717) is 44.2 Å². The molecule has 4 aliphatic rings. The van der Waals surface area contributed by atoms with E-state index in [1.165, 1.54) is 21.9 Å². The van der Waals surface area contributed by atoms with Crippen molar-refractivity contribution in [3.63, 3.8) is 0 Å². The SMILES string of the molecule is CC1=CN(C)C(CNC2=C(/N=C/OCCOC34C=CC3=C4)N(C)CON(CCCO)C2O)S1. The Bertz CT molecular complexity index is 871. The van der Waals surface area contributed by atoms with Gasteiger partial charge in [0, 0.05) is 40.0 Å². The molecular formula is C22H33N5O5S. The zero-order valence-electron chi connectivity index (χ0n) is 19.3. The molecule has 0 bridgehead atoms. The topological polar surface area (TPSA) is 102 Å². The van der Waals surface area contributed by atoms with Crippen LogP contribution < -0.4 is 5.32 Å². The highest BCUT2D eigenvalue weighted by Gasteiger charge is 2.47. The van der Waals surface area contributed by atoms with Gasteiger partial charge in [-0.1, -0.05) is 6.08 Å². The van der Waals surface area contributed by atoms with Crippen molar-refractivity contribution in [1.29, 1.82) is 0 Å². The normalized spacial score (nSPS) is 29.1. The van der Waals surface area contributed by atoms with Crippen molar-refractivity contribution in [2.24, 2.45) is 4.99 Å². The maximum atomic E-state index is 11.1. The number of nitrogens with zero attached hydrogens (tertiary/aromatic N) is 4. The Morgan fingerprint density at radius 2 is 2.24 bits per heavy atom. The maximum Gasteiger partial charge on any atom is 0.176 e. The summed E-state index contributed by atoms with van der Waals surface area (Å²) >= 11 is 1.77. The second kappa shape index (κ2) is 10.5. The molecule has 11 heteroatoms. The first-order valence-corrected chi connectivity index (χ1v) is 12.0. The lowest BCUT2D eigenvalue weighted by atomic mass is 10.1. The van der Waals surface area contributed by atoms with Crippen LogP contribution in [0, 0.1) is 0 Å². The molecule has 0 aromatic carbocycles. The van der Waals surface area contributed by atoms with Gasteiger partial charge < -0.3 is 34.8 Å². The van der Waals surface area contributed by atoms with Crippen LogP contribution in [0.5, 0.6) is 0 Å². The first-order chi connectivity index (χ1) is 15.9. The molecule has 182 valence electrons. The number of ether oxygens (including phenoxy) is 2. The minimum absolute atomic E-state index is 0.0123.